The number of hydrogen-bond donors (Lipinski definition) is 2. The number of ether oxygens (including phenoxy) is 1. The van der Waals surface area contributed by atoms with Crippen molar-refractivity contribution in [3.05, 3.63) is 24.0 Å². The fraction of sp³-hybridized carbons (Fsp3) is 0.562. The summed E-state index contributed by atoms with van der Waals surface area (Å²) in [6.07, 6.45) is 5.88. The van der Waals surface area contributed by atoms with Crippen molar-refractivity contribution in [1.29, 1.82) is 0 Å². The molecule has 0 aromatic heterocycles. The first-order chi connectivity index (χ1) is 10.1. The van der Waals surface area contributed by atoms with Crippen molar-refractivity contribution >= 4 is 24.0 Å². The molecule has 22 heavy (non-hydrogen) atoms. The lowest BCUT2D eigenvalue weighted by atomic mass is 9.71. The van der Waals surface area contributed by atoms with Crippen LogP contribution in [0.15, 0.2) is 18.2 Å². The van der Waals surface area contributed by atoms with Gasteiger partial charge in [-0.1, -0.05) is 19.3 Å². The van der Waals surface area contributed by atoms with Gasteiger partial charge in [0.1, 0.15) is 11.6 Å². The number of benzene rings is 1. The smallest absolute Gasteiger partial charge is 0.225 e. The molecule has 1 aromatic carbocycles. The first kappa shape index (κ1) is 18.7. The Balaban J connectivity index is 0.00000242. The minimum atomic E-state index is -0.393. The minimum Gasteiger partial charge on any atom is -0.494 e. The van der Waals surface area contributed by atoms with Crippen LogP contribution in [0.3, 0.4) is 0 Å². The molecule has 2 rings (SSSR count). The number of hydrogen-bond acceptors (Lipinski definition) is 3. The second-order valence-corrected chi connectivity index (χ2v) is 5.83. The van der Waals surface area contributed by atoms with Crippen molar-refractivity contribution in [2.45, 2.75) is 38.5 Å². The van der Waals surface area contributed by atoms with Crippen LogP contribution < -0.4 is 15.8 Å². The molecule has 0 spiro atoms. The van der Waals surface area contributed by atoms with Gasteiger partial charge in [0.05, 0.1) is 12.8 Å². The van der Waals surface area contributed by atoms with Crippen LogP contribution in [-0.2, 0) is 4.79 Å². The summed E-state index contributed by atoms with van der Waals surface area (Å²) < 4.78 is 18.2. The molecule has 0 saturated heterocycles. The lowest BCUT2D eigenvalue weighted by Crippen LogP contribution is -2.36. The molecular weight excluding hydrogens is 307 g/mol. The summed E-state index contributed by atoms with van der Waals surface area (Å²) >= 11 is 0. The van der Waals surface area contributed by atoms with Gasteiger partial charge in [-0.3, -0.25) is 4.79 Å². The Hall–Kier alpha value is -1.33. The van der Waals surface area contributed by atoms with Crippen molar-refractivity contribution in [2.24, 2.45) is 11.1 Å². The van der Waals surface area contributed by atoms with E-state index < -0.39 is 5.82 Å². The summed E-state index contributed by atoms with van der Waals surface area (Å²) in [6, 6.07) is 4.08. The summed E-state index contributed by atoms with van der Waals surface area (Å²) in [4.78, 5) is 12.3. The molecule has 3 N–H and O–H groups in total. The highest BCUT2D eigenvalue weighted by Crippen LogP contribution is 2.38. The van der Waals surface area contributed by atoms with E-state index in [1.54, 1.807) is 0 Å². The highest BCUT2D eigenvalue weighted by molar-refractivity contribution is 5.92. The van der Waals surface area contributed by atoms with Gasteiger partial charge in [-0.05, 0) is 36.9 Å². The van der Waals surface area contributed by atoms with Crippen LogP contribution in [0, 0.1) is 11.2 Å². The third-order valence-electron chi connectivity index (χ3n) is 4.32. The molecule has 0 heterocycles. The lowest BCUT2D eigenvalue weighted by molar-refractivity contribution is -0.118. The number of halogens is 2. The van der Waals surface area contributed by atoms with Crippen LogP contribution in [0.1, 0.15) is 38.5 Å². The number of nitrogens with two attached hydrogens (primary N) is 1. The molecule has 1 saturated carbocycles. The average Bonchev–Trinajstić information content (AvgIpc) is 2.50. The molecule has 0 aliphatic heterocycles. The van der Waals surface area contributed by atoms with E-state index in [1.807, 2.05) is 0 Å². The van der Waals surface area contributed by atoms with E-state index >= 15 is 0 Å². The van der Waals surface area contributed by atoms with Crippen molar-refractivity contribution in [1.82, 2.24) is 0 Å². The average molecular weight is 331 g/mol. The van der Waals surface area contributed by atoms with E-state index in [-0.39, 0.29) is 23.7 Å². The van der Waals surface area contributed by atoms with Crippen molar-refractivity contribution in [3.8, 4) is 5.75 Å². The molecule has 1 fully saturated rings. The fourth-order valence-electron chi connectivity index (χ4n) is 3.06. The molecular formula is C16H24ClFN2O2. The Morgan fingerprint density at radius 1 is 1.36 bits per heavy atom. The van der Waals surface area contributed by atoms with Gasteiger partial charge in [0.25, 0.3) is 0 Å². The van der Waals surface area contributed by atoms with Gasteiger partial charge in [0, 0.05) is 12.5 Å². The van der Waals surface area contributed by atoms with Crippen LogP contribution in [0.4, 0.5) is 10.1 Å². The van der Waals surface area contributed by atoms with Crippen LogP contribution >= 0.6 is 12.4 Å². The summed E-state index contributed by atoms with van der Waals surface area (Å²) in [5, 5.41) is 2.81. The SMILES string of the molecule is COc1cc(F)ccc1NC(=O)CC1(CN)CCCCC1.Cl. The second kappa shape index (κ2) is 8.34. The molecule has 6 heteroatoms. The highest BCUT2D eigenvalue weighted by atomic mass is 35.5. The van der Waals surface area contributed by atoms with E-state index in [1.165, 1.54) is 31.7 Å². The first-order valence-electron chi connectivity index (χ1n) is 7.42. The zero-order chi connectivity index (χ0) is 15.3. The van der Waals surface area contributed by atoms with E-state index in [4.69, 9.17) is 10.5 Å². The van der Waals surface area contributed by atoms with Gasteiger partial charge in [-0.2, -0.15) is 0 Å². The molecule has 124 valence electrons. The number of rotatable bonds is 5. The topological polar surface area (TPSA) is 64.3 Å². The number of anilines is 1. The van der Waals surface area contributed by atoms with Gasteiger partial charge in [0.2, 0.25) is 5.91 Å². The van der Waals surface area contributed by atoms with Crippen LogP contribution in [0.5, 0.6) is 5.75 Å². The molecule has 0 unspecified atom stereocenters. The quantitative estimate of drug-likeness (QED) is 0.868. The van der Waals surface area contributed by atoms with Crippen LogP contribution in [-0.4, -0.2) is 19.6 Å². The van der Waals surface area contributed by atoms with Gasteiger partial charge >= 0.3 is 0 Å². The maximum atomic E-state index is 13.2. The number of methoxy groups -OCH3 is 1. The largest absolute Gasteiger partial charge is 0.494 e. The van der Waals surface area contributed by atoms with E-state index in [0.717, 1.165) is 25.7 Å². The van der Waals surface area contributed by atoms with Gasteiger partial charge in [0.15, 0.2) is 0 Å². The second-order valence-electron chi connectivity index (χ2n) is 5.83. The number of carbonyl (C=O) groups excluding carboxylic acids is 1. The molecule has 1 aliphatic carbocycles. The number of carbonyl (C=O) groups is 1. The Morgan fingerprint density at radius 2 is 2.05 bits per heavy atom. The van der Waals surface area contributed by atoms with E-state index in [2.05, 4.69) is 5.32 Å². The Morgan fingerprint density at radius 3 is 2.64 bits per heavy atom. The third kappa shape index (κ3) is 4.58. The monoisotopic (exact) mass is 330 g/mol. The van der Waals surface area contributed by atoms with Crippen molar-refractivity contribution < 1.29 is 13.9 Å². The van der Waals surface area contributed by atoms with E-state index in [9.17, 15) is 9.18 Å². The molecule has 1 aliphatic rings. The van der Waals surface area contributed by atoms with Gasteiger partial charge < -0.3 is 15.8 Å². The predicted octanol–water partition coefficient (Wildman–Crippen LogP) is 3.49. The normalized spacial score (nSPS) is 16.5. The summed E-state index contributed by atoms with van der Waals surface area (Å²) in [7, 11) is 1.45. The van der Waals surface area contributed by atoms with Crippen molar-refractivity contribution in [2.75, 3.05) is 19.0 Å². The Kier molecular flexibility index (Phi) is 7.10. The third-order valence-corrected chi connectivity index (χ3v) is 4.32. The minimum absolute atomic E-state index is 0. The highest BCUT2D eigenvalue weighted by Gasteiger charge is 2.33. The molecule has 1 aromatic rings. The first-order valence-corrected chi connectivity index (χ1v) is 7.42. The molecule has 0 bridgehead atoms. The van der Waals surface area contributed by atoms with E-state index in [0.29, 0.717) is 24.4 Å². The maximum absolute atomic E-state index is 13.2. The Labute approximate surface area is 137 Å². The summed E-state index contributed by atoms with van der Waals surface area (Å²) in [5.74, 6) is -0.156. The van der Waals surface area contributed by atoms with Gasteiger partial charge in [-0.25, -0.2) is 4.39 Å². The molecule has 1 amide bonds. The molecule has 0 atom stereocenters. The molecule has 4 nitrogen and oxygen atoms in total. The van der Waals surface area contributed by atoms with Crippen LogP contribution in [0.2, 0.25) is 0 Å². The maximum Gasteiger partial charge on any atom is 0.225 e. The zero-order valence-electron chi connectivity index (χ0n) is 12.9. The predicted molar refractivity (Wildman–Crippen MR) is 88.0 cm³/mol. The van der Waals surface area contributed by atoms with Crippen LogP contribution in [0.25, 0.3) is 0 Å². The molecule has 0 radical (unpaired) electrons. The number of amides is 1. The fourth-order valence-corrected chi connectivity index (χ4v) is 3.06. The Bertz CT molecular complexity index is 505. The van der Waals surface area contributed by atoms with Gasteiger partial charge in [-0.15, -0.1) is 12.4 Å². The zero-order valence-corrected chi connectivity index (χ0v) is 13.7. The summed E-state index contributed by atoms with van der Waals surface area (Å²) in [5.41, 5.74) is 6.31. The summed E-state index contributed by atoms with van der Waals surface area (Å²) in [6.45, 7) is 0.529. The number of nitrogens with one attached hydrogen (secondary N) is 1. The standard InChI is InChI=1S/C16H23FN2O2.ClH/c1-21-14-9-12(17)5-6-13(14)19-15(20)10-16(11-18)7-3-2-4-8-16;/h5-6,9H,2-4,7-8,10-11,18H2,1H3,(H,19,20);1H. The lowest BCUT2D eigenvalue weighted by Gasteiger charge is -2.35. The van der Waals surface area contributed by atoms with Crippen molar-refractivity contribution in [3.63, 3.8) is 0 Å².